The summed E-state index contributed by atoms with van der Waals surface area (Å²) in [5.41, 5.74) is 1.63. The minimum absolute atomic E-state index is 0.152. The first-order valence-corrected chi connectivity index (χ1v) is 12.7. The van der Waals surface area contributed by atoms with Crippen LogP contribution in [0.3, 0.4) is 0 Å². The predicted molar refractivity (Wildman–Crippen MR) is 119 cm³/mol. The van der Waals surface area contributed by atoms with Crippen LogP contribution in [0.4, 0.5) is 11.4 Å². The number of nitrogens with zero attached hydrogens (tertiary/aromatic N) is 3. The van der Waals surface area contributed by atoms with Gasteiger partial charge in [-0.3, -0.25) is 9.10 Å². The maximum Gasteiger partial charge on any atom is 0.247 e. The molecule has 0 saturated heterocycles. The van der Waals surface area contributed by atoms with E-state index in [1.165, 1.54) is 32.2 Å². The summed E-state index contributed by atoms with van der Waals surface area (Å²) >= 11 is 0. The number of methoxy groups -OCH3 is 1. The maximum atomic E-state index is 13.0. The van der Waals surface area contributed by atoms with Gasteiger partial charge in [0, 0.05) is 32.4 Å². The second-order valence-corrected chi connectivity index (χ2v) is 11.4. The number of amides is 1. The van der Waals surface area contributed by atoms with Crippen LogP contribution < -0.4 is 13.9 Å². The van der Waals surface area contributed by atoms with Crippen LogP contribution in [0.1, 0.15) is 5.56 Å². The highest BCUT2D eigenvalue weighted by atomic mass is 32.2. The van der Waals surface area contributed by atoms with Gasteiger partial charge in [-0.2, -0.15) is 0 Å². The molecule has 0 spiro atoms. The number of rotatable bonds is 7. The summed E-state index contributed by atoms with van der Waals surface area (Å²) in [7, 11) is -2.94. The number of anilines is 2. The van der Waals surface area contributed by atoms with Crippen LogP contribution in [0.5, 0.6) is 5.75 Å². The van der Waals surface area contributed by atoms with Crippen LogP contribution in [-0.4, -0.2) is 67.6 Å². The third-order valence-corrected chi connectivity index (χ3v) is 8.00. The molecular weight excluding hydrogens is 442 g/mol. The van der Waals surface area contributed by atoms with Gasteiger partial charge in [-0.05, 0) is 42.3 Å². The van der Waals surface area contributed by atoms with E-state index >= 15 is 0 Å². The average Bonchev–Trinajstić information content (AvgIpc) is 3.14. The van der Waals surface area contributed by atoms with Crippen LogP contribution in [0.25, 0.3) is 0 Å². The third kappa shape index (κ3) is 4.68. The molecule has 3 rings (SSSR count). The fraction of sp³-hybridized carbons (Fsp3) is 0.350. The largest absolute Gasteiger partial charge is 0.497 e. The minimum atomic E-state index is -3.74. The van der Waals surface area contributed by atoms with Gasteiger partial charge in [-0.15, -0.1) is 0 Å². The van der Waals surface area contributed by atoms with Crippen molar-refractivity contribution >= 4 is 37.3 Å². The second-order valence-electron chi connectivity index (χ2n) is 7.34. The lowest BCUT2D eigenvalue weighted by molar-refractivity contribution is -0.117. The first kappa shape index (κ1) is 23.0. The molecule has 0 aliphatic carbocycles. The lowest BCUT2D eigenvalue weighted by Gasteiger charge is -2.25. The Kier molecular flexibility index (Phi) is 6.30. The van der Waals surface area contributed by atoms with E-state index in [9.17, 15) is 21.6 Å². The molecule has 0 atom stereocenters. The fourth-order valence-corrected chi connectivity index (χ4v) is 5.18. The summed E-state index contributed by atoms with van der Waals surface area (Å²) < 4.78 is 56.8. The summed E-state index contributed by atoms with van der Waals surface area (Å²) in [6.07, 6.45) is 1.52. The lowest BCUT2D eigenvalue weighted by atomic mass is 10.2. The van der Waals surface area contributed by atoms with Crippen molar-refractivity contribution in [2.24, 2.45) is 0 Å². The van der Waals surface area contributed by atoms with Crippen molar-refractivity contribution in [3.8, 4) is 5.75 Å². The molecule has 1 aliphatic rings. The van der Waals surface area contributed by atoms with Crippen molar-refractivity contribution in [2.45, 2.75) is 11.3 Å². The van der Waals surface area contributed by atoms with Gasteiger partial charge < -0.3 is 9.64 Å². The van der Waals surface area contributed by atoms with E-state index < -0.39 is 26.0 Å². The van der Waals surface area contributed by atoms with Crippen LogP contribution in [0.15, 0.2) is 47.4 Å². The smallest absolute Gasteiger partial charge is 0.247 e. The molecule has 0 fully saturated rings. The zero-order valence-electron chi connectivity index (χ0n) is 17.8. The highest BCUT2D eigenvalue weighted by Gasteiger charge is 2.30. The van der Waals surface area contributed by atoms with Crippen LogP contribution in [0.2, 0.25) is 0 Å². The number of ether oxygens (including phenoxy) is 1. The molecule has 0 aromatic heterocycles. The highest BCUT2D eigenvalue weighted by molar-refractivity contribution is 7.92. The van der Waals surface area contributed by atoms with Gasteiger partial charge in [0.15, 0.2) is 0 Å². The Bertz CT molecular complexity index is 1210. The third-order valence-electron chi connectivity index (χ3n) is 5.05. The number of fused-ring (bicyclic) bond motifs is 1. The summed E-state index contributed by atoms with van der Waals surface area (Å²) in [6, 6.07) is 11.1. The Morgan fingerprint density at radius 1 is 1.10 bits per heavy atom. The molecule has 2 aromatic carbocycles. The Hall–Kier alpha value is -2.63. The predicted octanol–water partition coefficient (Wildman–Crippen LogP) is 1.30. The molecule has 0 unspecified atom stereocenters. The maximum absolute atomic E-state index is 13.0. The number of hydrogen-bond donors (Lipinski definition) is 0. The lowest BCUT2D eigenvalue weighted by Crippen LogP contribution is -2.42. The molecule has 11 heteroatoms. The van der Waals surface area contributed by atoms with Gasteiger partial charge in [0.05, 0.1) is 23.9 Å². The number of benzene rings is 2. The number of sulfonamides is 2. The molecule has 9 nitrogen and oxygen atoms in total. The normalized spacial score (nSPS) is 13.9. The van der Waals surface area contributed by atoms with Crippen molar-refractivity contribution in [3.05, 3.63) is 48.0 Å². The van der Waals surface area contributed by atoms with E-state index in [0.29, 0.717) is 30.1 Å². The summed E-state index contributed by atoms with van der Waals surface area (Å²) in [4.78, 5) is 14.7. The quantitative estimate of drug-likeness (QED) is 0.608. The average molecular weight is 468 g/mol. The van der Waals surface area contributed by atoms with Gasteiger partial charge in [-0.25, -0.2) is 21.1 Å². The van der Waals surface area contributed by atoms with Gasteiger partial charge >= 0.3 is 0 Å². The highest BCUT2D eigenvalue weighted by Crippen LogP contribution is 2.31. The van der Waals surface area contributed by atoms with Crippen molar-refractivity contribution in [1.82, 2.24) is 4.31 Å². The van der Waals surface area contributed by atoms with Crippen LogP contribution >= 0.6 is 0 Å². The van der Waals surface area contributed by atoms with E-state index in [0.717, 1.165) is 20.4 Å². The van der Waals surface area contributed by atoms with Gasteiger partial charge in [0.1, 0.15) is 12.3 Å². The number of carbonyl (C=O) groups is 1. The summed E-state index contributed by atoms with van der Waals surface area (Å²) in [6.45, 7) is -0.0431. The van der Waals surface area contributed by atoms with E-state index in [-0.39, 0.29) is 11.4 Å². The summed E-state index contributed by atoms with van der Waals surface area (Å²) in [5, 5.41) is 0. The SMILES string of the molecule is COc1cccc(N(CC(=O)N2CCc3cc(S(=O)(=O)N(C)C)ccc32)S(C)(=O)=O)c1. The number of carbonyl (C=O) groups excluding carboxylic acids is 1. The van der Waals surface area contributed by atoms with Gasteiger partial charge in [0.2, 0.25) is 26.0 Å². The molecule has 1 heterocycles. The Balaban J connectivity index is 1.89. The number of hydrogen-bond acceptors (Lipinski definition) is 6. The van der Waals surface area contributed by atoms with E-state index in [1.807, 2.05) is 0 Å². The van der Waals surface area contributed by atoms with Crippen molar-refractivity contribution < 1.29 is 26.4 Å². The Morgan fingerprint density at radius 2 is 1.81 bits per heavy atom. The fourth-order valence-electron chi connectivity index (χ4n) is 3.38. The second kappa shape index (κ2) is 8.48. The zero-order valence-corrected chi connectivity index (χ0v) is 19.4. The first-order valence-electron chi connectivity index (χ1n) is 9.42. The summed E-state index contributed by atoms with van der Waals surface area (Å²) in [5.74, 6) is 0.0648. The molecule has 0 bridgehead atoms. The van der Waals surface area contributed by atoms with Gasteiger partial charge in [0.25, 0.3) is 0 Å². The Labute approximate surface area is 182 Å². The van der Waals surface area contributed by atoms with Crippen molar-refractivity contribution in [2.75, 3.05) is 49.8 Å². The monoisotopic (exact) mass is 467 g/mol. The van der Waals surface area contributed by atoms with Crippen molar-refractivity contribution in [3.63, 3.8) is 0 Å². The first-order chi connectivity index (χ1) is 14.4. The molecule has 31 heavy (non-hydrogen) atoms. The molecule has 0 radical (unpaired) electrons. The zero-order chi connectivity index (χ0) is 23.0. The standard InChI is InChI=1S/C20H25N3O6S2/c1-21(2)31(27,28)18-8-9-19-15(12-18)10-11-22(19)20(24)14-23(30(4,25)26)16-6-5-7-17(13-16)29-3/h5-9,12-13H,10-11,14H2,1-4H3. The van der Waals surface area contributed by atoms with Crippen molar-refractivity contribution in [1.29, 1.82) is 0 Å². The Morgan fingerprint density at radius 3 is 2.42 bits per heavy atom. The van der Waals surface area contributed by atoms with E-state index in [1.54, 1.807) is 36.4 Å². The topological polar surface area (TPSA) is 104 Å². The molecule has 1 amide bonds. The van der Waals surface area contributed by atoms with E-state index in [4.69, 9.17) is 4.74 Å². The molecule has 0 saturated carbocycles. The molecule has 1 aliphatic heterocycles. The minimum Gasteiger partial charge on any atom is -0.497 e. The molecule has 2 aromatic rings. The molecular formula is C20H25N3O6S2. The van der Waals surface area contributed by atoms with E-state index in [2.05, 4.69) is 0 Å². The van der Waals surface area contributed by atoms with Crippen LogP contribution in [-0.2, 0) is 31.3 Å². The molecule has 0 N–H and O–H groups in total. The van der Waals surface area contributed by atoms with Gasteiger partial charge in [-0.1, -0.05) is 6.07 Å². The van der Waals surface area contributed by atoms with Crippen LogP contribution in [0, 0.1) is 0 Å². The molecule has 168 valence electrons.